The van der Waals surface area contributed by atoms with Gasteiger partial charge in [0.05, 0.1) is 18.5 Å². The highest BCUT2D eigenvalue weighted by Gasteiger charge is 2.40. The first-order valence-electron chi connectivity index (χ1n) is 7.39. The second-order valence-corrected chi connectivity index (χ2v) is 6.14. The van der Waals surface area contributed by atoms with Gasteiger partial charge in [-0.15, -0.1) is 0 Å². The predicted octanol–water partition coefficient (Wildman–Crippen LogP) is 3.04. The lowest BCUT2D eigenvalue weighted by Crippen LogP contribution is -2.20. The molecule has 1 aromatic rings. The van der Waals surface area contributed by atoms with E-state index in [1.165, 1.54) is 25.7 Å². The number of nitrogen functional groups attached to an aromatic ring is 1. The maximum Gasteiger partial charge on any atom is 0.224 e. The van der Waals surface area contributed by atoms with Gasteiger partial charge in [-0.3, -0.25) is 4.79 Å². The number of amides is 1. The maximum atomic E-state index is 12.2. The zero-order chi connectivity index (χ0) is 14.1. The van der Waals surface area contributed by atoms with Gasteiger partial charge in [-0.2, -0.15) is 0 Å². The molecule has 1 aromatic carbocycles. The van der Waals surface area contributed by atoms with Crippen molar-refractivity contribution in [2.75, 3.05) is 18.2 Å². The normalized spacial score (nSPS) is 27.6. The van der Waals surface area contributed by atoms with Gasteiger partial charge in [0.25, 0.3) is 0 Å². The summed E-state index contributed by atoms with van der Waals surface area (Å²) in [5, 5.41) is 2.93. The van der Waals surface area contributed by atoms with Crippen LogP contribution in [0.25, 0.3) is 0 Å². The lowest BCUT2D eigenvalue weighted by molar-refractivity contribution is -0.117. The van der Waals surface area contributed by atoms with Crippen LogP contribution >= 0.6 is 0 Å². The third-order valence-electron chi connectivity index (χ3n) is 4.87. The maximum absolute atomic E-state index is 12.2. The van der Waals surface area contributed by atoms with E-state index in [0.717, 1.165) is 11.8 Å². The summed E-state index contributed by atoms with van der Waals surface area (Å²) in [7, 11) is 1.60. The first-order chi connectivity index (χ1) is 9.65. The highest BCUT2D eigenvalue weighted by atomic mass is 16.5. The Balaban J connectivity index is 1.61. The largest absolute Gasteiger partial charge is 0.497 e. The van der Waals surface area contributed by atoms with Crippen LogP contribution in [0.15, 0.2) is 18.2 Å². The van der Waals surface area contributed by atoms with E-state index < -0.39 is 0 Å². The van der Waals surface area contributed by atoms with Gasteiger partial charge in [-0.1, -0.05) is 6.42 Å². The molecule has 108 valence electrons. The van der Waals surface area contributed by atoms with E-state index in [1.54, 1.807) is 25.3 Å². The van der Waals surface area contributed by atoms with Crippen LogP contribution < -0.4 is 15.8 Å². The minimum atomic E-state index is 0.0718. The van der Waals surface area contributed by atoms with Crippen molar-refractivity contribution in [1.82, 2.24) is 0 Å². The fourth-order valence-electron chi connectivity index (χ4n) is 3.84. The van der Waals surface area contributed by atoms with Crippen LogP contribution in [0.3, 0.4) is 0 Å². The molecule has 20 heavy (non-hydrogen) atoms. The van der Waals surface area contributed by atoms with Gasteiger partial charge in [0, 0.05) is 12.5 Å². The van der Waals surface area contributed by atoms with Gasteiger partial charge in [-0.05, 0) is 49.1 Å². The van der Waals surface area contributed by atoms with Crippen molar-refractivity contribution in [3.63, 3.8) is 0 Å². The molecule has 4 heteroatoms. The molecule has 0 aromatic heterocycles. The van der Waals surface area contributed by atoms with Crippen LogP contribution in [0.5, 0.6) is 5.75 Å². The number of nitrogens with one attached hydrogen (secondary N) is 1. The Morgan fingerprint density at radius 1 is 1.40 bits per heavy atom. The average molecular weight is 274 g/mol. The summed E-state index contributed by atoms with van der Waals surface area (Å²) in [5.74, 6) is 2.99. The Morgan fingerprint density at radius 2 is 2.25 bits per heavy atom. The van der Waals surface area contributed by atoms with E-state index in [-0.39, 0.29) is 5.91 Å². The van der Waals surface area contributed by atoms with E-state index in [2.05, 4.69) is 5.32 Å². The second-order valence-electron chi connectivity index (χ2n) is 6.14. The number of benzene rings is 1. The number of carbonyl (C=O) groups excluding carboxylic acids is 1. The van der Waals surface area contributed by atoms with Crippen LogP contribution in [0.4, 0.5) is 11.4 Å². The van der Waals surface area contributed by atoms with Crippen LogP contribution in [-0.2, 0) is 4.79 Å². The van der Waals surface area contributed by atoms with Crippen molar-refractivity contribution in [2.24, 2.45) is 17.8 Å². The molecule has 0 radical (unpaired) electrons. The number of fused-ring (bicyclic) bond motifs is 2. The van der Waals surface area contributed by atoms with Gasteiger partial charge in [0.2, 0.25) is 5.91 Å². The summed E-state index contributed by atoms with van der Waals surface area (Å²) in [5.41, 5.74) is 7.12. The number of hydrogen-bond donors (Lipinski definition) is 2. The molecule has 0 spiro atoms. The van der Waals surface area contributed by atoms with Crippen LogP contribution in [0.1, 0.15) is 32.1 Å². The van der Waals surface area contributed by atoms with Crippen LogP contribution in [0.2, 0.25) is 0 Å². The number of anilines is 2. The summed E-state index contributed by atoms with van der Waals surface area (Å²) in [6.45, 7) is 0. The quantitative estimate of drug-likeness (QED) is 0.829. The lowest BCUT2D eigenvalue weighted by Gasteiger charge is -2.21. The molecule has 2 aliphatic rings. The van der Waals surface area contributed by atoms with E-state index in [4.69, 9.17) is 10.5 Å². The minimum Gasteiger partial charge on any atom is -0.497 e. The Hall–Kier alpha value is -1.71. The highest BCUT2D eigenvalue weighted by Crippen LogP contribution is 2.49. The fourth-order valence-corrected chi connectivity index (χ4v) is 3.84. The number of methoxy groups -OCH3 is 1. The molecule has 3 unspecified atom stereocenters. The highest BCUT2D eigenvalue weighted by molar-refractivity contribution is 5.94. The molecule has 3 rings (SSSR count). The predicted molar refractivity (Wildman–Crippen MR) is 79.6 cm³/mol. The van der Waals surface area contributed by atoms with E-state index >= 15 is 0 Å². The summed E-state index contributed by atoms with van der Waals surface area (Å²) < 4.78 is 5.16. The molecule has 0 saturated heterocycles. The number of ether oxygens (including phenoxy) is 1. The SMILES string of the molecule is COc1ccc(N)c(NC(=O)CC2CC3CCC2C3)c1. The van der Waals surface area contributed by atoms with Crippen LogP contribution in [0, 0.1) is 17.8 Å². The molecule has 4 nitrogen and oxygen atoms in total. The number of carbonyl (C=O) groups is 1. The first kappa shape index (κ1) is 13.3. The van der Waals surface area contributed by atoms with Crippen molar-refractivity contribution in [2.45, 2.75) is 32.1 Å². The molecular formula is C16H22N2O2. The monoisotopic (exact) mass is 274 g/mol. The van der Waals surface area contributed by atoms with Crippen molar-refractivity contribution in [1.29, 1.82) is 0 Å². The van der Waals surface area contributed by atoms with Crippen molar-refractivity contribution < 1.29 is 9.53 Å². The summed E-state index contributed by atoms with van der Waals surface area (Å²) in [6, 6.07) is 5.32. The van der Waals surface area contributed by atoms with Gasteiger partial charge in [-0.25, -0.2) is 0 Å². The smallest absolute Gasteiger partial charge is 0.224 e. The molecule has 2 bridgehead atoms. The lowest BCUT2D eigenvalue weighted by atomic mass is 9.86. The topological polar surface area (TPSA) is 64.3 Å². The second kappa shape index (κ2) is 5.35. The van der Waals surface area contributed by atoms with Gasteiger partial charge < -0.3 is 15.8 Å². The molecule has 3 atom stereocenters. The standard InChI is InChI=1S/C16H22N2O2/c1-20-13-4-5-14(17)15(9-13)18-16(19)8-12-7-10-2-3-11(12)6-10/h4-5,9-12H,2-3,6-8,17H2,1H3,(H,18,19). The zero-order valence-corrected chi connectivity index (χ0v) is 11.9. The summed E-state index contributed by atoms with van der Waals surface area (Å²) in [6.07, 6.45) is 5.86. The summed E-state index contributed by atoms with van der Waals surface area (Å²) >= 11 is 0. The van der Waals surface area contributed by atoms with Gasteiger partial charge in [0.1, 0.15) is 5.75 Å². The molecule has 1 amide bonds. The molecule has 0 aliphatic heterocycles. The van der Waals surface area contributed by atoms with Gasteiger partial charge in [0.15, 0.2) is 0 Å². The van der Waals surface area contributed by atoms with E-state index in [9.17, 15) is 4.79 Å². The minimum absolute atomic E-state index is 0.0718. The van der Waals surface area contributed by atoms with E-state index in [0.29, 0.717) is 29.5 Å². The number of rotatable bonds is 4. The molecule has 2 fully saturated rings. The van der Waals surface area contributed by atoms with Crippen LogP contribution in [-0.4, -0.2) is 13.0 Å². The molecule has 0 heterocycles. The summed E-state index contributed by atoms with van der Waals surface area (Å²) in [4.78, 5) is 12.2. The Morgan fingerprint density at radius 3 is 2.90 bits per heavy atom. The Bertz CT molecular complexity index is 515. The third kappa shape index (κ3) is 2.60. The Labute approximate surface area is 119 Å². The third-order valence-corrected chi connectivity index (χ3v) is 4.87. The molecular weight excluding hydrogens is 252 g/mol. The van der Waals surface area contributed by atoms with Crippen molar-refractivity contribution in [3.05, 3.63) is 18.2 Å². The van der Waals surface area contributed by atoms with Gasteiger partial charge >= 0.3 is 0 Å². The average Bonchev–Trinajstić information content (AvgIpc) is 3.03. The first-order valence-corrected chi connectivity index (χ1v) is 7.39. The zero-order valence-electron chi connectivity index (χ0n) is 11.9. The number of nitrogens with two attached hydrogens (primary N) is 1. The van der Waals surface area contributed by atoms with E-state index in [1.807, 2.05) is 0 Å². The van der Waals surface area contributed by atoms with Crippen molar-refractivity contribution in [3.8, 4) is 5.75 Å². The molecule has 2 saturated carbocycles. The molecule has 3 N–H and O–H groups in total. The molecule has 2 aliphatic carbocycles. The fraction of sp³-hybridized carbons (Fsp3) is 0.562. The number of hydrogen-bond acceptors (Lipinski definition) is 3. The van der Waals surface area contributed by atoms with Crippen molar-refractivity contribution >= 4 is 17.3 Å². The Kier molecular flexibility index (Phi) is 3.55.